The summed E-state index contributed by atoms with van der Waals surface area (Å²) in [5.41, 5.74) is 6.35. The van der Waals surface area contributed by atoms with Crippen LogP contribution in [0.5, 0.6) is 0 Å². The quantitative estimate of drug-likeness (QED) is 0.678. The molecule has 2 heteroatoms. The molecule has 0 radical (unpaired) electrons. The lowest BCUT2D eigenvalue weighted by atomic mass is 9.90. The van der Waals surface area contributed by atoms with Crippen molar-refractivity contribution in [2.75, 3.05) is 0 Å². The largest absolute Gasteiger partial charge is 0.258 e. The predicted octanol–water partition coefficient (Wildman–Crippen LogP) is 3.71. The molecule has 0 saturated carbocycles. The van der Waals surface area contributed by atoms with Crippen LogP contribution in [0.25, 0.3) is 0 Å². The van der Waals surface area contributed by atoms with Gasteiger partial charge in [0.15, 0.2) is 0 Å². The molecule has 0 spiro atoms. The Bertz CT molecular complexity index is 330. The van der Waals surface area contributed by atoms with E-state index in [0.29, 0.717) is 0 Å². The Morgan fingerprint density at radius 1 is 1.44 bits per heavy atom. The normalized spacial score (nSPS) is 18.4. The highest BCUT2D eigenvalue weighted by atomic mass is 31.0. The zero-order chi connectivity index (χ0) is 12.1. The molecular formula is C14H24NP. The van der Waals surface area contributed by atoms with E-state index in [1.165, 1.54) is 35.4 Å². The number of hydrogen-bond acceptors (Lipinski definition) is 1. The average molecular weight is 237 g/mol. The van der Waals surface area contributed by atoms with Gasteiger partial charge >= 0.3 is 0 Å². The highest BCUT2D eigenvalue weighted by Crippen LogP contribution is 2.27. The van der Waals surface area contributed by atoms with E-state index in [2.05, 4.69) is 34.1 Å². The summed E-state index contributed by atoms with van der Waals surface area (Å²) < 4.78 is 0. The van der Waals surface area contributed by atoms with Crippen molar-refractivity contribution in [3.8, 4) is 0 Å². The van der Waals surface area contributed by atoms with Crippen LogP contribution in [-0.2, 0) is 19.3 Å². The van der Waals surface area contributed by atoms with Gasteiger partial charge in [-0.15, -0.1) is 9.24 Å². The SMILES string of the molecule is CC.CCc1cc(C)nc2c1CC(P)CC2. The minimum absolute atomic E-state index is 0.761. The van der Waals surface area contributed by atoms with Crippen LogP contribution in [0.15, 0.2) is 6.07 Å². The van der Waals surface area contributed by atoms with Crippen molar-refractivity contribution in [1.29, 1.82) is 0 Å². The summed E-state index contributed by atoms with van der Waals surface area (Å²) >= 11 is 0. The van der Waals surface area contributed by atoms with Crippen LogP contribution in [0.2, 0.25) is 0 Å². The molecule has 0 bridgehead atoms. The maximum absolute atomic E-state index is 4.65. The molecule has 90 valence electrons. The van der Waals surface area contributed by atoms with Crippen LogP contribution >= 0.6 is 9.24 Å². The van der Waals surface area contributed by atoms with Crippen LogP contribution in [-0.4, -0.2) is 10.6 Å². The molecule has 1 heterocycles. The molecule has 1 aromatic rings. The van der Waals surface area contributed by atoms with Crippen LogP contribution in [0.4, 0.5) is 0 Å². The monoisotopic (exact) mass is 237 g/mol. The highest BCUT2D eigenvalue weighted by Gasteiger charge is 2.18. The van der Waals surface area contributed by atoms with E-state index in [9.17, 15) is 0 Å². The molecule has 1 aromatic heterocycles. The molecule has 0 amide bonds. The van der Waals surface area contributed by atoms with E-state index in [1.54, 1.807) is 0 Å². The second kappa shape index (κ2) is 6.35. The first-order chi connectivity index (χ1) is 7.70. The summed E-state index contributed by atoms with van der Waals surface area (Å²) in [4.78, 5) is 4.65. The number of fused-ring (bicyclic) bond motifs is 1. The molecule has 0 aliphatic heterocycles. The third-order valence-corrected chi connectivity index (χ3v) is 3.60. The molecule has 1 aliphatic carbocycles. The van der Waals surface area contributed by atoms with E-state index in [-0.39, 0.29) is 0 Å². The molecule has 0 aromatic carbocycles. The maximum atomic E-state index is 4.65. The topological polar surface area (TPSA) is 12.9 Å². The average Bonchev–Trinajstić information content (AvgIpc) is 2.31. The van der Waals surface area contributed by atoms with Gasteiger partial charge in [-0.1, -0.05) is 20.8 Å². The lowest BCUT2D eigenvalue weighted by Crippen LogP contribution is -2.17. The number of rotatable bonds is 1. The Morgan fingerprint density at radius 3 is 2.75 bits per heavy atom. The van der Waals surface area contributed by atoms with Crippen LogP contribution in [0.3, 0.4) is 0 Å². The second-order valence-electron chi connectivity index (χ2n) is 4.20. The van der Waals surface area contributed by atoms with Crippen molar-refractivity contribution >= 4 is 9.24 Å². The smallest absolute Gasteiger partial charge is 0.0441 e. The summed E-state index contributed by atoms with van der Waals surface area (Å²) in [7, 11) is 2.96. The lowest BCUT2D eigenvalue weighted by Gasteiger charge is -2.23. The minimum atomic E-state index is 0.761. The Morgan fingerprint density at radius 2 is 2.12 bits per heavy atom. The second-order valence-corrected chi connectivity index (χ2v) is 5.15. The number of nitrogens with zero attached hydrogens (tertiary/aromatic N) is 1. The van der Waals surface area contributed by atoms with Gasteiger partial charge in [0.05, 0.1) is 0 Å². The molecule has 0 N–H and O–H groups in total. The molecule has 16 heavy (non-hydrogen) atoms. The Hall–Kier alpha value is -0.420. The van der Waals surface area contributed by atoms with Crippen LogP contribution in [0, 0.1) is 6.92 Å². The van der Waals surface area contributed by atoms with Gasteiger partial charge in [0, 0.05) is 11.4 Å². The zero-order valence-corrected chi connectivity index (χ0v) is 12.2. The Kier molecular flexibility index (Phi) is 5.41. The van der Waals surface area contributed by atoms with Crippen LogP contribution in [0.1, 0.15) is 49.7 Å². The molecule has 1 nitrogen and oxygen atoms in total. The Labute approximate surface area is 102 Å². The van der Waals surface area contributed by atoms with Crippen molar-refractivity contribution in [3.63, 3.8) is 0 Å². The first kappa shape index (κ1) is 13.6. The third-order valence-electron chi connectivity index (χ3n) is 3.03. The van der Waals surface area contributed by atoms with Gasteiger partial charge in [-0.3, -0.25) is 4.98 Å². The number of hydrogen-bond donors (Lipinski definition) is 0. The molecule has 0 fully saturated rings. The molecule has 2 rings (SSSR count). The lowest BCUT2D eigenvalue weighted by molar-refractivity contribution is 0.673. The molecule has 1 aliphatic rings. The summed E-state index contributed by atoms with van der Waals surface area (Å²) in [5, 5.41) is 0. The van der Waals surface area contributed by atoms with Crippen molar-refractivity contribution in [1.82, 2.24) is 4.98 Å². The fourth-order valence-electron chi connectivity index (χ4n) is 2.29. The first-order valence-corrected chi connectivity index (χ1v) is 7.11. The molecule has 2 unspecified atom stereocenters. The first-order valence-electron chi connectivity index (χ1n) is 6.44. The van der Waals surface area contributed by atoms with Gasteiger partial charge in [0.25, 0.3) is 0 Å². The standard InChI is InChI=1S/C12H18NP.C2H6/c1-3-9-6-8(2)13-12-5-4-10(14)7-11(9)12;1-2/h6,10H,3-5,7,14H2,1-2H3;1-2H3. The maximum Gasteiger partial charge on any atom is 0.0441 e. The number of pyridine rings is 1. The predicted molar refractivity (Wildman–Crippen MR) is 75.2 cm³/mol. The van der Waals surface area contributed by atoms with Gasteiger partial charge in [-0.25, -0.2) is 0 Å². The summed E-state index contributed by atoms with van der Waals surface area (Å²) in [6.45, 7) is 8.34. The zero-order valence-electron chi connectivity index (χ0n) is 11.0. The van der Waals surface area contributed by atoms with Crippen molar-refractivity contribution in [2.24, 2.45) is 0 Å². The summed E-state index contributed by atoms with van der Waals surface area (Å²) in [5.74, 6) is 0. The van der Waals surface area contributed by atoms with Gasteiger partial charge < -0.3 is 0 Å². The number of aromatic nitrogens is 1. The Balaban J connectivity index is 0.000000606. The summed E-state index contributed by atoms with van der Waals surface area (Å²) in [6, 6.07) is 2.25. The third kappa shape index (κ3) is 3.04. The number of aryl methyl sites for hydroxylation is 3. The van der Waals surface area contributed by atoms with E-state index < -0.39 is 0 Å². The van der Waals surface area contributed by atoms with E-state index in [0.717, 1.165) is 18.5 Å². The molecule has 0 saturated heterocycles. The van der Waals surface area contributed by atoms with Crippen LogP contribution < -0.4 is 0 Å². The van der Waals surface area contributed by atoms with Gasteiger partial charge in [-0.2, -0.15) is 0 Å². The summed E-state index contributed by atoms with van der Waals surface area (Å²) in [6.07, 6.45) is 4.79. The molecular weight excluding hydrogens is 213 g/mol. The van der Waals surface area contributed by atoms with Crippen molar-refractivity contribution < 1.29 is 0 Å². The fourth-order valence-corrected chi connectivity index (χ4v) is 2.70. The highest BCUT2D eigenvalue weighted by molar-refractivity contribution is 7.17. The van der Waals surface area contributed by atoms with Gasteiger partial charge in [0.2, 0.25) is 0 Å². The van der Waals surface area contributed by atoms with E-state index >= 15 is 0 Å². The van der Waals surface area contributed by atoms with Gasteiger partial charge in [0.1, 0.15) is 0 Å². The van der Waals surface area contributed by atoms with Crippen molar-refractivity contribution in [3.05, 3.63) is 28.6 Å². The van der Waals surface area contributed by atoms with Gasteiger partial charge in [-0.05, 0) is 55.5 Å². The van der Waals surface area contributed by atoms with Crippen molar-refractivity contribution in [2.45, 2.75) is 59.0 Å². The van der Waals surface area contributed by atoms with E-state index in [1.807, 2.05) is 13.8 Å². The minimum Gasteiger partial charge on any atom is -0.258 e. The van der Waals surface area contributed by atoms with E-state index in [4.69, 9.17) is 0 Å². The molecule has 2 atom stereocenters. The fraction of sp³-hybridized carbons (Fsp3) is 0.643.